The standard InChI is InChI=1S/C29H30N4O3S/c1-20-16-23(28(34)33-18-24(19-33)29(2,30)17-21-8-4-3-5-9-21)13-14-25(20)32-37(35,36)26-12-6-10-22-11-7-15-31-27(22)26/h3-16,24,32H,17-19,30H2,1-2H3. The molecule has 0 radical (unpaired) electrons. The Labute approximate surface area is 217 Å². The van der Waals surface area contributed by atoms with Crippen molar-refractivity contribution in [3.63, 3.8) is 0 Å². The largest absolute Gasteiger partial charge is 0.338 e. The first kappa shape index (κ1) is 24.9. The lowest BCUT2D eigenvalue weighted by Gasteiger charge is -2.47. The third-order valence-corrected chi connectivity index (χ3v) is 8.53. The topological polar surface area (TPSA) is 105 Å². The Bertz CT molecular complexity index is 1560. The van der Waals surface area contributed by atoms with Gasteiger partial charge >= 0.3 is 0 Å². The zero-order valence-corrected chi connectivity index (χ0v) is 21.7. The Hall–Kier alpha value is -3.75. The fourth-order valence-electron chi connectivity index (χ4n) is 4.83. The van der Waals surface area contributed by atoms with Crippen LogP contribution in [0, 0.1) is 12.8 Å². The van der Waals surface area contributed by atoms with Crippen molar-refractivity contribution in [1.29, 1.82) is 0 Å². The molecule has 5 rings (SSSR count). The zero-order valence-electron chi connectivity index (χ0n) is 20.9. The van der Waals surface area contributed by atoms with Gasteiger partial charge in [-0.3, -0.25) is 14.5 Å². The normalized spacial score (nSPS) is 15.7. The van der Waals surface area contributed by atoms with Gasteiger partial charge in [-0.15, -0.1) is 0 Å². The molecule has 2 heterocycles. The molecule has 1 atom stereocenters. The van der Waals surface area contributed by atoms with Crippen LogP contribution >= 0.6 is 0 Å². The van der Waals surface area contributed by atoms with Crippen molar-refractivity contribution in [3.05, 3.63) is 102 Å². The Morgan fingerprint density at radius 2 is 1.78 bits per heavy atom. The van der Waals surface area contributed by atoms with Gasteiger partial charge in [-0.2, -0.15) is 0 Å². The number of fused-ring (bicyclic) bond motifs is 1. The monoisotopic (exact) mass is 514 g/mol. The number of carbonyl (C=O) groups is 1. The summed E-state index contributed by atoms with van der Waals surface area (Å²) in [6, 6.07) is 23.8. The summed E-state index contributed by atoms with van der Waals surface area (Å²) < 4.78 is 29.0. The minimum Gasteiger partial charge on any atom is -0.338 e. The number of sulfonamides is 1. The molecule has 1 aromatic heterocycles. The maximum Gasteiger partial charge on any atom is 0.264 e. The van der Waals surface area contributed by atoms with Gasteiger partial charge in [-0.25, -0.2) is 8.42 Å². The molecule has 7 nitrogen and oxygen atoms in total. The van der Waals surface area contributed by atoms with E-state index in [0.717, 1.165) is 11.8 Å². The highest BCUT2D eigenvalue weighted by Gasteiger charge is 2.41. The number of pyridine rings is 1. The molecule has 37 heavy (non-hydrogen) atoms. The Morgan fingerprint density at radius 1 is 1.05 bits per heavy atom. The molecular formula is C29H30N4O3S. The molecule has 1 unspecified atom stereocenters. The van der Waals surface area contributed by atoms with Crippen LogP contribution in [-0.2, 0) is 16.4 Å². The Balaban J connectivity index is 1.26. The summed E-state index contributed by atoms with van der Waals surface area (Å²) in [4.78, 5) is 19.3. The maximum absolute atomic E-state index is 13.2. The van der Waals surface area contributed by atoms with Crippen LogP contribution in [0.5, 0.6) is 0 Å². The molecule has 8 heteroatoms. The van der Waals surface area contributed by atoms with E-state index in [1.165, 1.54) is 11.6 Å². The first-order chi connectivity index (χ1) is 17.6. The van der Waals surface area contributed by atoms with Crippen LogP contribution in [0.25, 0.3) is 10.9 Å². The van der Waals surface area contributed by atoms with Gasteiger partial charge in [-0.05, 0) is 61.7 Å². The first-order valence-corrected chi connectivity index (χ1v) is 13.7. The van der Waals surface area contributed by atoms with Crippen molar-refractivity contribution in [2.24, 2.45) is 11.7 Å². The van der Waals surface area contributed by atoms with Gasteiger partial charge in [0.25, 0.3) is 15.9 Å². The lowest BCUT2D eigenvalue weighted by Crippen LogP contribution is -2.62. The Kier molecular flexibility index (Phi) is 6.47. The fraction of sp³-hybridized carbons (Fsp3) is 0.241. The van der Waals surface area contributed by atoms with E-state index in [1.807, 2.05) is 37.3 Å². The van der Waals surface area contributed by atoms with E-state index in [9.17, 15) is 13.2 Å². The summed E-state index contributed by atoms with van der Waals surface area (Å²) >= 11 is 0. The van der Waals surface area contributed by atoms with Crippen molar-refractivity contribution in [1.82, 2.24) is 9.88 Å². The summed E-state index contributed by atoms with van der Waals surface area (Å²) in [5.41, 5.74) is 9.42. The summed E-state index contributed by atoms with van der Waals surface area (Å²) in [5, 5.41) is 0.744. The van der Waals surface area contributed by atoms with Gasteiger partial charge in [0.2, 0.25) is 0 Å². The first-order valence-electron chi connectivity index (χ1n) is 12.2. The minimum absolute atomic E-state index is 0.0810. The molecule has 1 amide bonds. The van der Waals surface area contributed by atoms with E-state index in [1.54, 1.807) is 48.4 Å². The number of nitrogens with two attached hydrogens (primary N) is 1. The average Bonchev–Trinajstić information content (AvgIpc) is 2.84. The van der Waals surface area contributed by atoms with Gasteiger partial charge in [0.1, 0.15) is 4.90 Å². The number of hydrogen-bond acceptors (Lipinski definition) is 5. The number of para-hydroxylation sites is 1. The van der Waals surface area contributed by atoms with Gasteiger partial charge in [0.05, 0.1) is 11.2 Å². The maximum atomic E-state index is 13.2. The molecular weight excluding hydrogens is 484 g/mol. The number of carbonyl (C=O) groups excluding carboxylic acids is 1. The summed E-state index contributed by atoms with van der Waals surface area (Å²) in [6.45, 7) is 5.02. The van der Waals surface area contributed by atoms with Crippen molar-refractivity contribution < 1.29 is 13.2 Å². The van der Waals surface area contributed by atoms with E-state index in [4.69, 9.17) is 5.73 Å². The number of benzene rings is 3. The van der Waals surface area contributed by atoms with Crippen molar-refractivity contribution in [3.8, 4) is 0 Å². The highest BCUT2D eigenvalue weighted by atomic mass is 32.2. The molecule has 0 spiro atoms. The lowest BCUT2D eigenvalue weighted by atomic mass is 9.76. The van der Waals surface area contributed by atoms with E-state index >= 15 is 0 Å². The van der Waals surface area contributed by atoms with Gasteiger partial charge in [-0.1, -0.05) is 48.5 Å². The molecule has 1 fully saturated rings. The van der Waals surface area contributed by atoms with Crippen LogP contribution in [0.1, 0.15) is 28.4 Å². The molecule has 4 aromatic rings. The second kappa shape index (κ2) is 9.61. The van der Waals surface area contributed by atoms with Crippen LogP contribution in [0.4, 0.5) is 5.69 Å². The Morgan fingerprint density at radius 3 is 2.51 bits per heavy atom. The minimum atomic E-state index is -3.88. The number of nitrogens with zero attached hydrogens (tertiary/aromatic N) is 2. The lowest BCUT2D eigenvalue weighted by molar-refractivity contribution is 0.0328. The van der Waals surface area contributed by atoms with Crippen LogP contribution in [0.3, 0.4) is 0 Å². The molecule has 0 bridgehead atoms. The highest BCUT2D eigenvalue weighted by Crippen LogP contribution is 2.31. The third kappa shape index (κ3) is 5.08. The van der Waals surface area contributed by atoms with Crippen molar-refractivity contribution in [2.45, 2.75) is 30.7 Å². The molecule has 3 aromatic carbocycles. The van der Waals surface area contributed by atoms with Crippen LogP contribution in [-0.4, -0.2) is 42.8 Å². The number of amides is 1. The zero-order chi connectivity index (χ0) is 26.2. The molecule has 0 aliphatic carbocycles. The van der Waals surface area contributed by atoms with Gasteiger partial charge in [0.15, 0.2) is 0 Å². The van der Waals surface area contributed by atoms with Gasteiger partial charge in [0, 0.05) is 41.7 Å². The van der Waals surface area contributed by atoms with Crippen molar-refractivity contribution in [2.75, 3.05) is 17.8 Å². The SMILES string of the molecule is Cc1cc(C(=O)N2CC(C(C)(N)Cc3ccccc3)C2)ccc1NS(=O)(=O)c1cccc2cccnc12. The number of aromatic nitrogens is 1. The average molecular weight is 515 g/mol. The smallest absolute Gasteiger partial charge is 0.264 e. The van der Waals surface area contributed by atoms with Crippen LogP contribution in [0.2, 0.25) is 0 Å². The predicted octanol–water partition coefficient (Wildman–Crippen LogP) is 4.38. The van der Waals surface area contributed by atoms with E-state index in [-0.39, 0.29) is 16.7 Å². The second-order valence-corrected chi connectivity index (χ2v) is 11.7. The molecule has 1 aliphatic rings. The molecule has 190 valence electrons. The van der Waals surface area contributed by atoms with Gasteiger partial charge < -0.3 is 10.6 Å². The fourth-order valence-corrected chi connectivity index (χ4v) is 6.14. The number of nitrogens with one attached hydrogen (secondary N) is 1. The summed E-state index contributed by atoms with van der Waals surface area (Å²) in [7, 11) is -3.88. The third-order valence-electron chi connectivity index (χ3n) is 7.13. The molecule has 1 saturated heterocycles. The van der Waals surface area contributed by atoms with Crippen molar-refractivity contribution >= 4 is 32.5 Å². The molecule has 0 saturated carbocycles. The van der Waals surface area contributed by atoms with Crippen LogP contribution in [0.15, 0.2) is 90.0 Å². The summed E-state index contributed by atoms with van der Waals surface area (Å²) in [6.07, 6.45) is 2.32. The number of hydrogen-bond donors (Lipinski definition) is 2. The number of likely N-dealkylation sites (tertiary alicyclic amines) is 1. The number of anilines is 1. The second-order valence-electron chi connectivity index (χ2n) is 10.0. The highest BCUT2D eigenvalue weighted by molar-refractivity contribution is 7.93. The van der Waals surface area contributed by atoms with E-state index in [0.29, 0.717) is 35.4 Å². The quantitative estimate of drug-likeness (QED) is 0.381. The molecule has 3 N–H and O–H groups in total. The van der Waals surface area contributed by atoms with E-state index < -0.39 is 15.6 Å². The number of rotatable bonds is 7. The van der Waals surface area contributed by atoms with E-state index in [2.05, 4.69) is 21.8 Å². The predicted molar refractivity (Wildman–Crippen MR) is 146 cm³/mol. The summed E-state index contributed by atoms with van der Waals surface area (Å²) in [5.74, 6) is 0.126. The van der Waals surface area contributed by atoms with Crippen LogP contribution < -0.4 is 10.5 Å². The molecule has 1 aliphatic heterocycles. The number of aryl methyl sites for hydroxylation is 1.